The van der Waals surface area contributed by atoms with Crippen LogP contribution in [0.3, 0.4) is 0 Å². The van der Waals surface area contributed by atoms with Crippen molar-refractivity contribution in [1.29, 1.82) is 0 Å². The van der Waals surface area contributed by atoms with Crippen LogP contribution in [0.1, 0.15) is 17.7 Å². The Morgan fingerprint density at radius 3 is 2.74 bits per heavy atom. The van der Waals surface area contributed by atoms with Crippen molar-refractivity contribution in [3.8, 4) is 0 Å². The monoisotopic (exact) mass is 288 g/mol. The van der Waals surface area contributed by atoms with E-state index in [0.717, 1.165) is 0 Å². The van der Waals surface area contributed by atoms with E-state index >= 15 is 0 Å². The van der Waals surface area contributed by atoms with Gasteiger partial charge in [-0.25, -0.2) is 0 Å². The molecule has 1 fully saturated rings. The Hall–Kier alpha value is -1.13. The van der Waals surface area contributed by atoms with Gasteiger partial charge in [-0.15, -0.1) is 11.3 Å². The first-order chi connectivity index (χ1) is 9.33. The summed E-state index contributed by atoms with van der Waals surface area (Å²) >= 11 is 3.79. The van der Waals surface area contributed by atoms with Crippen LogP contribution in [-0.4, -0.2) is 29.3 Å². The molecule has 0 radical (unpaired) electrons. The van der Waals surface area contributed by atoms with Gasteiger partial charge in [0.05, 0.1) is 15.5 Å². The molecular weight excluding hydrogens is 272 g/mol. The lowest BCUT2D eigenvalue weighted by atomic mass is 10.2. The number of thiophene rings is 1. The van der Waals surface area contributed by atoms with Crippen molar-refractivity contribution in [2.24, 2.45) is 0 Å². The molecule has 98 valence electrons. The second kappa shape index (κ2) is 4.46. The van der Waals surface area contributed by atoms with Crippen LogP contribution in [0.15, 0.2) is 35.4 Å². The Balaban J connectivity index is 1.89. The zero-order chi connectivity index (χ0) is 12.8. The van der Waals surface area contributed by atoms with Crippen LogP contribution in [0, 0.1) is 0 Å². The smallest absolute Gasteiger partial charge is 0.0724 e. The lowest BCUT2D eigenvalue weighted by Gasteiger charge is -2.28. The Morgan fingerprint density at radius 1 is 1.11 bits per heavy atom. The van der Waals surface area contributed by atoms with Crippen molar-refractivity contribution in [2.75, 3.05) is 20.1 Å². The molecule has 0 bridgehead atoms. The van der Waals surface area contributed by atoms with Crippen molar-refractivity contribution >= 4 is 39.1 Å². The number of rotatable bonds is 1. The van der Waals surface area contributed by atoms with Gasteiger partial charge in [0, 0.05) is 36.4 Å². The first-order valence-corrected chi connectivity index (χ1v) is 8.31. The topological polar surface area (TPSA) is 6.48 Å². The van der Waals surface area contributed by atoms with E-state index in [9.17, 15) is 0 Å². The van der Waals surface area contributed by atoms with Crippen LogP contribution in [0.5, 0.6) is 0 Å². The van der Waals surface area contributed by atoms with Crippen LogP contribution < -0.4 is 0 Å². The summed E-state index contributed by atoms with van der Waals surface area (Å²) in [5.41, 5.74) is 1.43. The summed E-state index contributed by atoms with van der Waals surface area (Å²) < 4.78 is 3.65. The molecule has 0 unspecified atom stereocenters. The molecule has 1 saturated heterocycles. The highest BCUT2D eigenvalue weighted by molar-refractivity contribution is 7.97. The van der Waals surface area contributed by atoms with Gasteiger partial charge in [0.25, 0.3) is 0 Å². The molecular formula is C15H16N2S2. The van der Waals surface area contributed by atoms with Crippen LogP contribution in [-0.2, 0) is 0 Å². The van der Waals surface area contributed by atoms with Gasteiger partial charge < -0.3 is 9.21 Å². The Morgan fingerprint density at radius 2 is 1.89 bits per heavy atom. The summed E-state index contributed by atoms with van der Waals surface area (Å²) in [6.45, 7) is 2.41. The second-order valence-corrected chi connectivity index (χ2v) is 7.32. The molecule has 0 atom stereocenters. The minimum atomic E-state index is 1.21. The van der Waals surface area contributed by atoms with Crippen LogP contribution in [0.4, 0.5) is 0 Å². The maximum Gasteiger partial charge on any atom is 0.0724 e. The van der Waals surface area contributed by atoms with Crippen molar-refractivity contribution in [3.05, 3.63) is 35.3 Å². The predicted octanol–water partition coefficient (Wildman–Crippen LogP) is 4.25. The Bertz CT molecular complexity index is 653. The van der Waals surface area contributed by atoms with Gasteiger partial charge >= 0.3 is 0 Å². The molecule has 4 rings (SSSR count). The molecule has 0 saturated carbocycles. The fraction of sp³-hybridized carbons (Fsp3) is 0.333. The standard InChI is InChI=1S/C15H16N2S2/c1-16-10-12(17-8-4-5-9-17)15-14(19-16)11-6-2-3-7-13(11)18-15/h2-3,6-7,10H,4-5,8-9H2,1H3. The molecule has 2 aromatic rings. The van der Waals surface area contributed by atoms with Crippen molar-refractivity contribution in [2.45, 2.75) is 17.7 Å². The van der Waals surface area contributed by atoms with E-state index in [2.05, 4.69) is 46.7 Å². The minimum absolute atomic E-state index is 1.21. The highest BCUT2D eigenvalue weighted by atomic mass is 32.2. The fourth-order valence-corrected chi connectivity index (χ4v) is 5.21. The quantitative estimate of drug-likeness (QED) is 0.724. The summed E-state index contributed by atoms with van der Waals surface area (Å²) in [6, 6.07) is 8.76. The van der Waals surface area contributed by atoms with Crippen LogP contribution >= 0.6 is 23.3 Å². The van der Waals surface area contributed by atoms with Gasteiger partial charge in [-0.05, 0) is 30.9 Å². The van der Waals surface area contributed by atoms with Gasteiger partial charge in [0.1, 0.15) is 0 Å². The van der Waals surface area contributed by atoms with E-state index in [1.807, 2.05) is 23.3 Å². The number of likely N-dealkylation sites (tertiary alicyclic amines) is 1. The SMILES string of the molecule is CN1C=C(N2CCCC2)c2sc3ccccc3c2S1. The van der Waals surface area contributed by atoms with E-state index in [4.69, 9.17) is 0 Å². The summed E-state index contributed by atoms with van der Waals surface area (Å²) in [5, 5.41) is 1.41. The molecule has 4 heteroatoms. The summed E-state index contributed by atoms with van der Waals surface area (Å²) in [6.07, 6.45) is 4.95. The lowest BCUT2D eigenvalue weighted by molar-refractivity contribution is 0.486. The Labute approximate surface area is 121 Å². The molecule has 1 aromatic heterocycles. The number of hydrogen-bond acceptors (Lipinski definition) is 4. The maximum absolute atomic E-state index is 2.55. The molecule has 19 heavy (non-hydrogen) atoms. The molecule has 0 amide bonds. The largest absolute Gasteiger partial charge is 0.369 e. The molecule has 0 aliphatic carbocycles. The average molecular weight is 288 g/mol. The normalized spacial score (nSPS) is 18.9. The minimum Gasteiger partial charge on any atom is -0.369 e. The van der Waals surface area contributed by atoms with Gasteiger partial charge in [-0.1, -0.05) is 18.2 Å². The molecule has 1 aromatic carbocycles. The van der Waals surface area contributed by atoms with Gasteiger partial charge in [-0.2, -0.15) is 0 Å². The van der Waals surface area contributed by atoms with Crippen LogP contribution in [0.25, 0.3) is 15.8 Å². The second-order valence-electron chi connectivity index (χ2n) is 5.10. The van der Waals surface area contributed by atoms with Gasteiger partial charge in [-0.3, -0.25) is 0 Å². The van der Waals surface area contributed by atoms with E-state index in [0.29, 0.717) is 0 Å². The van der Waals surface area contributed by atoms with Gasteiger partial charge in [0.2, 0.25) is 0 Å². The van der Waals surface area contributed by atoms with E-state index in [1.54, 1.807) is 0 Å². The average Bonchev–Trinajstić information content (AvgIpc) is 3.05. The summed E-state index contributed by atoms with van der Waals surface area (Å²) in [7, 11) is 2.15. The molecule has 0 N–H and O–H groups in total. The molecule has 0 spiro atoms. The molecule has 2 aliphatic rings. The maximum atomic E-state index is 2.55. The first-order valence-electron chi connectivity index (χ1n) is 6.72. The highest BCUT2D eigenvalue weighted by Crippen LogP contribution is 2.47. The van der Waals surface area contributed by atoms with E-state index in [-0.39, 0.29) is 0 Å². The summed E-state index contributed by atoms with van der Waals surface area (Å²) in [4.78, 5) is 5.45. The number of fused-ring (bicyclic) bond motifs is 3. The van der Waals surface area contributed by atoms with Gasteiger partial charge in [0.15, 0.2) is 0 Å². The van der Waals surface area contributed by atoms with Crippen molar-refractivity contribution in [1.82, 2.24) is 9.21 Å². The molecule has 2 aliphatic heterocycles. The zero-order valence-corrected chi connectivity index (χ0v) is 12.6. The third kappa shape index (κ3) is 1.85. The lowest BCUT2D eigenvalue weighted by Crippen LogP contribution is -2.21. The highest BCUT2D eigenvalue weighted by Gasteiger charge is 2.26. The first kappa shape index (κ1) is 11.7. The van der Waals surface area contributed by atoms with Crippen molar-refractivity contribution in [3.63, 3.8) is 0 Å². The molecule has 3 heterocycles. The van der Waals surface area contributed by atoms with E-state index < -0.39 is 0 Å². The number of hydrogen-bond donors (Lipinski definition) is 0. The zero-order valence-electron chi connectivity index (χ0n) is 10.9. The van der Waals surface area contributed by atoms with Crippen LogP contribution in [0.2, 0.25) is 0 Å². The third-order valence-corrected chi connectivity index (χ3v) is 6.09. The molecule has 2 nitrogen and oxygen atoms in total. The number of nitrogens with zero attached hydrogens (tertiary/aromatic N) is 2. The van der Waals surface area contributed by atoms with Crippen molar-refractivity contribution < 1.29 is 0 Å². The predicted molar refractivity (Wildman–Crippen MR) is 84.2 cm³/mol. The van der Waals surface area contributed by atoms with E-state index in [1.165, 1.54) is 51.5 Å². The summed E-state index contributed by atoms with van der Waals surface area (Å²) in [5.74, 6) is 0. The third-order valence-electron chi connectivity index (χ3n) is 3.77. The fourth-order valence-electron chi connectivity index (χ4n) is 2.87. The Kier molecular flexibility index (Phi) is 2.74. The number of benzene rings is 1.